The molecule has 1 atom stereocenters. The monoisotopic (exact) mass is 213 g/mol. The van der Waals surface area contributed by atoms with Crippen LogP contribution < -0.4 is 5.32 Å². The zero-order valence-corrected chi connectivity index (χ0v) is 10.3. The van der Waals surface area contributed by atoms with Crippen LogP contribution in [0.2, 0.25) is 0 Å². The highest BCUT2D eigenvalue weighted by Crippen LogP contribution is 2.11. The van der Waals surface area contributed by atoms with Gasteiger partial charge in [-0.05, 0) is 20.8 Å². The van der Waals surface area contributed by atoms with Gasteiger partial charge in [0.15, 0.2) is 0 Å². The van der Waals surface area contributed by atoms with Crippen LogP contribution in [0.5, 0.6) is 0 Å². The van der Waals surface area contributed by atoms with Crippen molar-refractivity contribution in [3.05, 3.63) is 0 Å². The summed E-state index contributed by atoms with van der Waals surface area (Å²) in [5.74, 6) is 0.111. The molecular formula is C11H23N3O. The molecule has 0 spiro atoms. The van der Waals surface area contributed by atoms with E-state index in [0.717, 1.165) is 19.6 Å². The summed E-state index contributed by atoms with van der Waals surface area (Å²) in [5, 5.41) is 2.67. The third-order valence-electron chi connectivity index (χ3n) is 3.15. The smallest absolute Gasteiger partial charge is 0.233 e. The zero-order valence-electron chi connectivity index (χ0n) is 10.3. The Bertz CT molecular complexity index is 218. The second-order valence-electron chi connectivity index (χ2n) is 4.58. The molecule has 0 radical (unpaired) electrons. The van der Waals surface area contributed by atoms with Crippen LogP contribution in [0.25, 0.3) is 0 Å². The maximum atomic E-state index is 11.3. The number of carbonyl (C=O) groups excluding carboxylic acids is 1. The fourth-order valence-corrected chi connectivity index (χ4v) is 1.99. The predicted octanol–water partition coefficient (Wildman–Crippen LogP) is 0.147. The van der Waals surface area contributed by atoms with E-state index in [1.54, 1.807) is 7.05 Å². The number of nitrogens with zero attached hydrogens (tertiary/aromatic N) is 2. The van der Waals surface area contributed by atoms with E-state index in [4.69, 9.17) is 0 Å². The topological polar surface area (TPSA) is 35.6 Å². The molecule has 4 heteroatoms. The lowest BCUT2D eigenvalue weighted by molar-refractivity contribution is -0.123. The number of likely N-dealkylation sites (N-methyl/N-ethyl adjacent to an activating group) is 1. The van der Waals surface area contributed by atoms with Crippen molar-refractivity contribution >= 4 is 5.91 Å². The molecular weight excluding hydrogens is 190 g/mol. The molecule has 1 rings (SSSR count). The Kier molecular flexibility index (Phi) is 4.54. The first-order valence-corrected chi connectivity index (χ1v) is 5.73. The summed E-state index contributed by atoms with van der Waals surface area (Å²) in [7, 11) is 1.69. The number of rotatable bonds is 3. The van der Waals surface area contributed by atoms with Crippen LogP contribution in [0.15, 0.2) is 0 Å². The highest BCUT2D eigenvalue weighted by molar-refractivity contribution is 5.77. The molecule has 15 heavy (non-hydrogen) atoms. The summed E-state index contributed by atoms with van der Waals surface area (Å²) in [4.78, 5) is 16.0. The Morgan fingerprint density at radius 2 is 2.13 bits per heavy atom. The third kappa shape index (κ3) is 3.47. The Morgan fingerprint density at radius 1 is 1.47 bits per heavy atom. The van der Waals surface area contributed by atoms with Gasteiger partial charge in [-0.15, -0.1) is 0 Å². The standard InChI is InChI=1S/C11H23N3O/c1-9(2)13-5-6-14(10(3)7-13)8-11(15)12-4/h9-10H,5-8H2,1-4H3,(H,12,15)/t10-/m1/s1. The fourth-order valence-electron chi connectivity index (χ4n) is 1.99. The van der Waals surface area contributed by atoms with Crippen LogP contribution >= 0.6 is 0 Å². The minimum Gasteiger partial charge on any atom is -0.358 e. The third-order valence-corrected chi connectivity index (χ3v) is 3.15. The van der Waals surface area contributed by atoms with E-state index >= 15 is 0 Å². The Morgan fingerprint density at radius 3 is 2.60 bits per heavy atom. The van der Waals surface area contributed by atoms with Crippen LogP contribution in [0.3, 0.4) is 0 Å². The van der Waals surface area contributed by atoms with Gasteiger partial charge in [-0.3, -0.25) is 14.6 Å². The van der Waals surface area contributed by atoms with Crippen molar-refractivity contribution in [1.82, 2.24) is 15.1 Å². The molecule has 1 N–H and O–H groups in total. The van der Waals surface area contributed by atoms with Gasteiger partial charge in [0, 0.05) is 38.8 Å². The normalized spacial score (nSPS) is 24.5. The summed E-state index contributed by atoms with van der Waals surface area (Å²) in [6.45, 7) is 10.3. The highest BCUT2D eigenvalue weighted by atomic mass is 16.1. The van der Waals surface area contributed by atoms with Gasteiger partial charge >= 0.3 is 0 Å². The van der Waals surface area contributed by atoms with Crippen molar-refractivity contribution in [2.24, 2.45) is 0 Å². The van der Waals surface area contributed by atoms with E-state index in [1.807, 2.05) is 0 Å². The van der Waals surface area contributed by atoms with Gasteiger partial charge in [-0.1, -0.05) is 0 Å². The van der Waals surface area contributed by atoms with Crippen molar-refractivity contribution in [2.45, 2.75) is 32.9 Å². The summed E-state index contributed by atoms with van der Waals surface area (Å²) in [6.07, 6.45) is 0. The number of hydrogen-bond donors (Lipinski definition) is 1. The first kappa shape index (κ1) is 12.5. The molecule has 0 aliphatic carbocycles. The van der Waals surface area contributed by atoms with Crippen LogP contribution in [-0.4, -0.2) is 61.0 Å². The largest absolute Gasteiger partial charge is 0.358 e. The summed E-state index contributed by atoms with van der Waals surface area (Å²) in [6, 6.07) is 1.08. The first-order valence-electron chi connectivity index (χ1n) is 5.73. The average Bonchev–Trinajstić information content (AvgIpc) is 2.20. The van der Waals surface area contributed by atoms with E-state index < -0.39 is 0 Å². The van der Waals surface area contributed by atoms with Crippen molar-refractivity contribution in [2.75, 3.05) is 33.2 Å². The zero-order chi connectivity index (χ0) is 11.4. The molecule has 0 aromatic rings. The van der Waals surface area contributed by atoms with Crippen LogP contribution in [0, 0.1) is 0 Å². The summed E-state index contributed by atoms with van der Waals surface area (Å²) in [5.41, 5.74) is 0. The molecule has 1 fully saturated rings. The number of amides is 1. The van der Waals surface area contributed by atoms with Crippen molar-refractivity contribution in [1.29, 1.82) is 0 Å². The Balaban J connectivity index is 2.42. The molecule has 1 saturated heterocycles. The summed E-state index contributed by atoms with van der Waals surface area (Å²) >= 11 is 0. The van der Waals surface area contributed by atoms with E-state index in [1.165, 1.54) is 0 Å². The van der Waals surface area contributed by atoms with E-state index in [0.29, 0.717) is 18.6 Å². The maximum absolute atomic E-state index is 11.3. The molecule has 0 aromatic carbocycles. The average molecular weight is 213 g/mol. The highest BCUT2D eigenvalue weighted by Gasteiger charge is 2.25. The van der Waals surface area contributed by atoms with Crippen molar-refractivity contribution < 1.29 is 4.79 Å². The summed E-state index contributed by atoms with van der Waals surface area (Å²) < 4.78 is 0. The van der Waals surface area contributed by atoms with Gasteiger partial charge in [-0.2, -0.15) is 0 Å². The van der Waals surface area contributed by atoms with E-state index in [-0.39, 0.29) is 5.91 Å². The first-order chi connectivity index (χ1) is 7.04. The predicted molar refractivity (Wildman–Crippen MR) is 61.8 cm³/mol. The van der Waals surface area contributed by atoms with Gasteiger partial charge in [-0.25, -0.2) is 0 Å². The van der Waals surface area contributed by atoms with Crippen LogP contribution in [0.4, 0.5) is 0 Å². The minimum atomic E-state index is 0.111. The molecule has 0 unspecified atom stereocenters. The molecule has 0 aromatic heterocycles. The quantitative estimate of drug-likeness (QED) is 0.725. The van der Waals surface area contributed by atoms with Crippen molar-refractivity contribution in [3.8, 4) is 0 Å². The molecule has 88 valence electrons. The lowest BCUT2D eigenvalue weighted by Gasteiger charge is -2.41. The molecule has 0 saturated carbocycles. The van der Waals surface area contributed by atoms with E-state index in [2.05, 4.69) is 35.9 Å². The number of piperazine rings is 1. The maximum Gasteiger partial charge on any atom is 0.233 e. The van der Waals surface area contributed by atoms with Gasteiger partial charge in [0.1, 0.15) is 0 Å². The number of nitrogens with one attached hydrogen (secondary N) is 1. The van der Waals surface area contributed by atoms with Gasteiger partial charge in [0.25, 0.3) is 0 Å². The Labute approximate surface area is 92.6 Å². The molecule has 1 heterocycles. The van der Waals surface area contributed by atoms with Crippen LogP contribution in [0.1, 0.15) is 20.8 Å². The Hall–Kier alpha value is -0.610. The lowest BCUT2D eigenvalue weighted by Crippen LogP contribution is -2.55. The van der Waals surface area contributed by atoms with Gasteiger partial charge in [0.2, 0.25) is 5.91 Å². The number of hydrogen-bond acceptors (Lipinski definition) is 3. The van der Waals surface area contributed by atoms with Crippen LogP contribution in [-0.2, 0) is 4.79 Å². The second-order valence-corrected chi connectivity index (χ2v) is 4.58. The second kappa shape index (κ2) is 5.47. The lowest BCUT2D eigenvalue weighted by atomic mass is 10.1. The van der Waals surface area contributed by atoms with Gasteiger partial charge < -0.3 is 5.32 Å². The minimum absolute atomic E-state index is 0.111. The van der Waals surface area contributed by atoms with Gasteiger partial charge in [0.05, 0.1) is 6.54 Å². The fraction of sp³-hybridized carbons (Fsp3) is 0.909. The SMILES string of the molecule is CNC(=O)CN1CCN(C(C)C)C[C@H]1C. The molecule has 1 aliphatic heterocycles. The molecule has 4 nitrogen and oxygen atoms in total. The van der Waals surface area contributed by atoms with E-state index in [9.17, 15) is 4.79 Å². The molecule has 1 amide bonds. The molecule has 0 bridgehead atoms. The van der Waals surface area contributed by atoms with Crippen molar-refractivity contribution in [3.63, 3.8) is 0 Å². The molecule has 1 aliphatic rings. The number of carbonyl (C=O) groups is 1.